The molecule has 342 valence electrons. The van der Waals surface area contributed by atoms with Gasteiger partial charge in [-0.05, 0) is 108 Å². The Kier molecular flexibility index (Phi) is 15.2. The molecule has 0 saturated heterocycles. The molecule has 2 amide bonds. The van der Waals surface area contributed by atoms with Crippen LogP contribution in [0.15, 0.2) is 36.4 Å². The van der Waals surface area contributed by atoms with Crippen LogP contribution in [0.2, 0.25) is 0 Å². The first-order chi connectivity index (χ1) is 31.2. The van der Waals surface area contributed by atoms with Crippen LogP contribution in [0.4, 0.5) is 10.5 Å². The second-order valence-electron chi connectivity index (χ2n) is 18.5. The monoisotopic (exact) mass is 891 g/mol. The number of carbonyl (C=O) groups excluding carboxylic acids is 2. The lowest BCUT2D eigenvalue weighted by molar-refractivity contribution is 0.0744. The van der Waals surface area contributed by atoms with Gasteiger partial charge in [-0.2, -0.15) is 5.26 Å². The molecule has 13 heteroatoms. The molecule has 0 aromatic heterocycles. The van der Waals surface area contributed by atoms with Crippen LogP contribution in [0.3, 0.4) is 0 Å². The highest BCUT2D eigenvalue weighted by Crippen LogP contribution is 2.49. The maximum Gasteiger partial charge on any atom is 0.407 e. The van der Waals surface area contributed by atoms with Gasteiger partial charge in [-0.1, -0.05) is 31.0 Å². The molecule has 0 saturated carbocycles. The van der Waals surface area contributed by atoms with Crippen molar-refractivity contribution in [2.24, 2.45) is 0 Å². The maximum atomic E-state index is 14.5. The third kappa shape index (κ3) is 9.84. The number of alkyl carbamates (subject to hydrolysis) is 1. The number of benzene rings is 3. The Labute approximate surface area is 381 Å². The molecule has 0 aliphatic carbocycles. The highest BCUT2D eigenvalue weighted by molar-refractivity contribution is 7.44. The highest BCUT2D eigenvalue weighted by atomic mass is 31.2. The van der Waals surface area contributed by atoms with Gasteiger partial charge < -0.3 is 33.6 Å². The molecule has 0 radical (unpaired) electrons. The van der Waals surface area contributed by atoms with E-state index in [1.54, 1.807) is 11.9 Å². The molecule has 12 nitrogen and oxygen atoms in total. The number of nitrogens with zero attached hydrogens (tertiary/aromatic N) is 5. The van der Waals surface area contributed by atoms with E-state index in [-0.39, 0.29) is 31.1 Å². The van der Waals surface area contributed by atoms with Crippen molar-refractivity contribution in [3.63, 3.8) is 0 Å². The van der Waals surface area contributed by atoms with Crippen LogP contribution >= 0.6 is 8.53 Å². The summed E-state index contributed by atoms with van der Waals surface area (Å²) in [6.07, 6.45) is 12.0. The Morgan fingerprint density at radius 3 is 2.38 bits per heavy atom. The predicted molar refractivity (Wildman–Crippen MR) is 253 cm³/mol. The SMILES string of the molecule is CC(C)N(C(C)C)P(OCCC#N)OCCCCCCNC(=O)OCCN(C)C(=O)c1ccccc1C1=c2cc3c4c(c2Oc2c1cc1c5c2CCCN5CCC1)CCC[N+]=4CCC3. The Morgan fingerprint density at radius 2 is 1.58 bits per heavy atom. The number of hydrogen-bond donors (Lipinski definition) is 1. The summed E-state index contributed by atoms with van der Waals surface area (Å²) < 4.78 is 29.8. The van der Waals surface area contributed by atoms with Crippen LogP contribution < -0.4 is 30.1 Å². The van der Waals surface area contributed by atoms with Crippen LogP contribution in [-0.2, 0) is 39.5 Å². The first kappa shape index (κ1) is 46.0. The first-order valence-corrected chi connectivity index (χ1v) is 25.2. The Bertz CT molecular complexity index is 2360. The number of hydrogen-bond acceptors (Lipinski definition) is 9. The van der Waals surface area contributed by atoms with Crippen LogP contribution in [0.25, 0.3) is 5.57 Å². The van der Waals surface area contributed by atoms with Gasteiger partial charge in [0.25, 0.3) is 14.4 Å². The summed E-state index contributed by atoms with van der Waals surface area (Å²) in [5.41, 5.74) is 10.6. The molecule has 64 heavy (non-hydrogen) atoms. The van der Waals surface area contributed by atoms with E-state index in [4.69, 9.17) is 23.8 Å². The van der Waals surface area contributed by atoms with Crippen molar-refractivity contribution in [2.75, 3.05) is 71.0 Å². The molecule has 0 spiro atoms. The number of anilines is 1. The van der Waals surface area contributed by atoms with Crippen molar-refractivity contribution >= 4 is 31.8 Å². The van der Waals surface area contributed by atoms with E-state index in [0.29, 0.717) is 31.7 Å². The zero-order chi connectivity index (χ0) is 44.7. The molecule has 8 rings (SSSR count). The van der Waals surface area contributed by atoms with Crippen molar-refractivity contribution in [3.8, 4) is 17.6 Å². The van der Waals surface area contributed by atoms with Crippen molar-refractivity contribution in [2.45, 2.75) is 123 Å². The average molecular weight is 892 g/mol. The van der Waals surface area contributed by atoms with Gasteiger partial charge in [-0.15, -0.1) is 0 Å². The normalized spacial score (nSPS) is 16.4. The van der Waals surface area contributed by atoms with Gasteiger partial charge in [0.15, 0.2) is 0 Å². The zero-order valence-corrected chi connectivity index (χ0v) is 39.7. The van der Waals surface area contributed by atoms with Gasteiger partial charge in [0, 0.05) is 90.3 Å². The van der Waals surface area contributed by atoms with Gasteiger partial charge in [-0.3, -0.25) is 4.79 Å². The molecule has 5 aliphatic heterocycles. The number of ether oxygens (including phenoxy) is 2. The lowest BCUT2D eigenvalue weighted by Gasteiger charge is -2.39. The van der Waals surface area contributed by atoms with E-state index in [1.807, 2.05) is 18.2 Å². The van der Waals surface area contributed by atoms with Gasteiger partial charge in [-0.25, -0.2) is 14.0 Å². The minimum atomic E-state index is -1.23. The molecule has 1 N–H and O–H groups in total. The second-order valence-corrected chi connectivity index (χ2v) is 19.9. The van der Waals surface area contributed by atoms with E-state index in [2.05, 4.69) is 71.4 Å². The largest absolute Gasteiger partial charge is 0.455 e. The minimum Gasteiger partial charge on any atom is -0.455 e. The molecule has 3 aromatic rings. The van der Waals surface area contributed by atoms with Gasteiger partial charge in [0.1, 0.15) is 31.2 Å². The molecule has 3 aromatic carbocycles. The van der Waals surface area contributed by atoms with Crippen molar-refractivity contribution in [1.29, 1.82) is 5.26 Å². The van der Waals surface area contributed by atoms with Crippen LogP contribution in [0, 0.1) is 11.3 Å². The fourth-order valence-electron chi connectivity index (χ4n) is 10.6. The number of fused-ring (bicyclic) bond motifs is 4. The van der Waals surface area contributed by atoms with Crippen LogP contribution in [0.5, 0.6) is 11.5 Å². The molecule has 1 unspecified atom stereocenters. The lowest BCUT2D eigenvalue weighted by Crippen LogP contribution is -2.45. The topological polar surface area (TPSA) is 120 Å². The summed E-state index contributed by atoms with van der Waals surface area (Å²) in [4.78, 5) is 31.5. The molecular formula is C51H68N6O6P+. The summed E-state index contributed by atoms with van der Waals surface area (Å²) in [5.74, 6) is 1.85. The summed E-state index contributed by atoms with van der Waals surface area (Å²) >= 11 is 0. The number of unbranched alkanes of at least 4 members (excludes halogenated alkanes) is 3. The number of amides is 2. The fourth-order valence-corrected chi connectivity index (χ4v) is 12.2. The highest BCUT2D eigenvalue weighted by Gasteiger charge is 2.37. The van der Waals surface area contributed by atoms with E-state index in [9.17, 15) is 9.59 Å². The van der Waals surface area contributed by atoms with Crippen LogP contribution in [0.1, 0.15) is 129 Å². The lowest BCUT2D eigenvalue weighted by atomic mass is 9.81. The van der Waals surface area contributed by atoms with E-state index in [1.165, 1.54) is 33.3 Å². The predicted octanol–water partition coefficient (Wildman–Crippen LogP) is 7.77. The molecule has 0 bridgehead atoms. The third-order valence-corrected chi connectivity index (χ3v) is 15.4. The number of rotatable bonds is 19. The Balaban J connectivity index is 0.914. The van der Waals surface area contributed by atoms with E-state index >= 15 is 0 Å². The number of carbonyl (C=O) groups is 2. The Hall–Kier alpha value is -4.53. The standard InChI is InChI=1S/C51H67N6O6P/c1-35(2)57(36(3)4)64(62-31-16-23-52)61-30-11-7-6-10-24-53-51(59)60-32-29-54(5)50(58)40-20-9-8-19-39(40)45-43-33-37-17-12-25-55-27-14-21-41(46(37)55)48(43)63-49-42-22-15-28-56-26-13-18-38(47(42)56)34-44(45)49/h8-9,19-20,33-36H,6-7,10-18,21-22,24-32H2,1-5H3/p+1. The summed E-state index contributed by atoms with van der Waals surface area (Å²) in [6.45, 7) is 14.7. The number of nitriles is 1. The van der Waals surface area contributed by atoms with Crippen molar-refractivity contribution in [1.82, 2.24) is 19.5 Å². The second kappa shape index (κ2) is 21.2. The molecule has 0 fully saturated rings. The zero-order valence-electron chi connectivity index (χ0n) is 38.8. The number of nitrogens with one attached hydrogen (secondary N) is 1. The summed E-state index contributed by atoms with van der Waals surface area (Å²) in [7, 11) is 0.554. The minimum absolute atomic E-state index is 0.0881. The summed E-state index contributed by atoms with van der Waals surface area (Å²) in [5, 5.41) is 14.3. The average Bonchev–Trinajstić information content (AvgIpc) is 3.29. The number of aryl methyl sites for hydroxylation is 2. The quantitative estimate of drug-likeness (QED) is 0.0573. The van der Waals surface area contributed by atoms with E-state index < -0.39 is 14.6 Å². The van der Waals surface area contributed by atoms with Crippen molar-refractivity contribution in [3.05, 3.63) is 85.9 Å². The molecular weight excluding hydrogens is 824 g/mol. The Morgan fingerprint density at radius 1 is 0.859 bits per heavy atom. The van der Waals surface area contributed by atoms with Crippen molar-refractivity contribution < 1.29 is 28.1 Å². The number of likely N-dealkylation sites (N-methyl/N-ethyl adjacent to an activating group) is 1. The van der Waals surface area contributed by atoms with Gasteiger partial charge in [0.05, 0.1) is 37.8 Å². The fraction of sp³-hybridized carbons (Fsp3) is 0.569. The molecule has 5 aliphatic rings. The molecule has 5 heterocycles. The maximum absolute atomic E-state index is 14.5. The van der Waals surface area contributed by atoms with Gasteiger partial charge >= 0.3 is 6.09 Å². The summed E-state index contributed by atoms with van der Waals surface area (Å²) in [6, 6.07) is 15.5. The van der Waals surface area contributed by atoms with E-state index in [0.717, 1.165) is 137 Å². The third-order valence-electron chi connectivity index (χ3n) is 13.3. The smallest absolute Gasteiger partial charge is 0.407 e. The van der Waals surface area contributed by atoms with Gasteiger partial charge in [0.2, 0.25) is 5.36 Å². The molecule has 1 atom stereocenters. The van der Waals surface area contributed by atoms with Crippen LogP contribution in [-0.4, -0.2) is 99.8 Å². The first-order valence-electron chi connectivity index (χ1n) is 24.1.